The SMILES string of the molecule is C/C(=C\c1ccc(OC=O)cc1)c1ccc2c(c1)C(C)(C)CCC2(C)C. The standard InChI is InChI=1S/C24H28O2/c1-17(14-18-6-9-20(10-7-18)26-16-25)19-8-11-21-22(15-19)24(4,5)13-12-23(21,2)3/h6-11,14-16H,12-13H2,1-5H3/b17-14+. The molecule has 2 aromatic rings. The molecule has 0 unspecified atom stereocenters. The molecule has 1 aliphatic carbocycles. The number of fused-ring (bicyclic) bond motifs is 1. The maximum absolute atomic E-state index is 10.4. The van der Waals surface area contributed by atoms with E-state index < -0.39 is 0 Å². The van der Waals surface area contributed by atoms with E-state index in [1.54, 1.807) is 0 Å². The van der Waals surface area contributed by atoms with Gasteiger partial charge in [0.1, 0.15) is 5.75 Å². The van der Waals surface area contributed by atoms with Gasteiger partial charge in [0.2, 0.25) is 0 Å². The van der Waals surface area contributed by atoms with Crippen molar-refractivity contribution in [2.24, 2.45) is 0 Å². The number of benzene rings is 2. The van der Waals surface area contributed by atoms with Crippen LogP contribution < -0.4 is 4.74 Å². The maximum Gasteiger partial charge on any atom is 0.298 e. The molecule has 0 radical (unpaired) electrons. The Morgan fingerprint density at radius 3 is 2.15 bits per heavy atom. The van der Waals surface area contributed by atoms with Crippen LogP contribution in [0.2, 0.25) is 0 Å². The van der Waals surface area contributed by atoms with Crippen LogP contribution in [0.1, 0.15) is 69.7 Å². The average molecular weight is 348 g/mol. The molecule has 2 nitrogen and oxygen atoms in total. The van der Waals surface area contributed by atoms with Crippen molar-refractivity contribution in [2.45, 2.75) is 58.3 Å². The van der Waals surface area contributed by atoms with E-state index in [1.165, 1.54) is 35.1 Å². The molecule has 0 saturated heterocycles. The summed E-state index contributed by atoms with van der Waals surface area (Å²) in [5.74, 6) is 0.563. The number of hydrogen-bond acceptors (Lipinski definition) is 2. The summed E-state index contributed by atoms with van der Waals surface area (Å²) < 4.78 is 4.85. The van der Waals surface area contributed by atoms with Crippen molar-refractivity contribution < 1.29 is 9.53 Å². The van der Waals surface area contributed by atoms with E-state index in [0.29, 0.717) is 12.2 Å². The smallest absolute Gasteiger partial charge is 0.298 e. The van der Waals surface area contributed by atoms with Gasteiger partial charge in [0.15, 0.2) is 0 Å². The Labute approximate surface area is 156 Å². The van der Waals surface area contributed by atoms with Crippen LogP contribution in [-0.2, 0) is 15.6 Å². The molecule has 0 heterocycles. The third-order valence-corrected chi connectivity index (χ3v) is 5.76. The van der Waals surface area contributed by atoms with Gasteiger partial charge < -0.3 is 4.74 Å². The second-order valence-electron chi connectivity index (χ2n) is 8.64. The van der Waals surface area contributed by atoms with Gasteiger partial charge in [-0.25, -0.2) is 0 Å². The summed E-state index contributed by atoms with van der Waals surface area (Å²) in [6, 6.07) is 14.5. The van der Waals surface area contributed by atoms with Gasteiger partial charge in [-0.1, -0.05) is 64.1 Å². The van der Waals surface area contributed by atoms with Gasteiger partial charge in [0, 0.05) is 0 Å². The van der Waals surface area contributed by atoms with Crippen molar-refractivity contribution in [3.63, 3.8) is 0 Å². The van der Waals surface area contributed by atoms with Crippen LogP contribution >= 0.6 is 0 Å². The molecule has 1 aliphatic rings. The fraction of sp³-hybridized carbons (Fsp3) is 0.375. The summed E-state index contributed by atoms with van der Waals surface area (Å²) in [4.78, 5) is 10.4. The summed E-state index contributed by atoms with van der Waals surface area (Å²) in [6.45, 7) is 12.0. The zero-order valence-electron chi connectivity index (χ0n) is 16.4. The molecule has 136 valence electrons. The molecular weight excluding hydrogens is 320 g/mol. The Morgan fingerprint density at radius 2 is 1.54 bits per heavy atom. The summed E-state index contributed by atoms with van der Waals surface area (Å²) >= 11 is 0. The summed E-state index contributed by atoms with van der Waals surface area (Å²) in [5, 5.41) is 0. The van der Waals surface area contributed by atoms with E-state index in [4.69, 9.17) is 4.74 Å². The first kappa shape index (κ1) is 18.4. The minimum atomic E-state index is 0.217. The molecular formula is C24H28O2. The second kappa shape index (κ2) is 6.75. The fourth-order valence-corrected chi connectivity index (χ4v) is 3.87. The van der Waals surface area contributed by atoms with Crippen molar-refractivity contribution in [3.05, 3.63) is 64.7 Å². The Kier molecular flexibility index (Phi) is 4.79. The van der Waals surface area contributed by atoms with Crippen LogP contribution in [0.5, 0.6) is 5.75 Å². The Hall–Kier alpha value is -2.35. The van der Waals surface area contributed by atoms with Gasteiger partial charge in [-0.3, -0.25) is 4.79 Å². The van der Waals surface area contributed by atoms with Crippen molar-refractivity contribution >= 4 is 18.1 Å². The van der Waals surface area contributed by atoms with Crippen LogP contribution in [0.4, 0.5) is 0 Å². The van der Waals surface area contributed by atoms with Crippen molar-refractivity contribution in [1.82, 2.24) is 0 Å². The number of allylic oxidation sites excluding steroid dienone is 1. The van der Waals surface area contributed by atoms with E-state index in [2.05, 4.69) is 58.9 Å². The lowest BCUT2D eigenvalue weighted by atomic mass is 9.63. The molecule has 0 N–H and O–H groups in total. The first-order valence-electron chi connectivity index (χ1n) is 9.27. The van der Waals surface area contributed by atoms with E-state index in [-0.39, 0.29) is 10.8 Å². The molecule has 2 heteroatoms. The number of carbonyl (C=O) groups is 1. The number of rotatable bonds is 4. The molecule has 0 bridgehead atoms. The number of hydrogen-bond donors (Lipinski definition) is 0. The monoisotopic (exact) mass is 348 g/mol. The van der Waals surface area contributed by atoms with Gasteiger partial charge in [-0.2, -0.15) is 0 Å². The zero-order chi connectivity index (χ0) is 18.9. The van der Waals surface area contributed by atoms with Crippen molar-refractivity contribution in [3.8, 4) is 5.75 Å². The Balaban J connectivity index is 1.95. The Bertz CT molecular complexity index is 839. The number of carbonyl (C=O) groups excluding carboxylic acids is 1. The predicted molar refractivity (Wildman–Crippen MR) is 108 cm³/mol. The molecule has 0 aromatic heterocycles. The minimum absolute atomic E-state index is 0.217. The predicted octanol–water partition coefficient (Wildman–Crippen LogP) is 6.13. The highest BCUT2D eigenvalue weighted by Crippen LogP contribution is 2.46. The topological polar surface area (TPSA) is 26.3 Å². The van der Waals surface area contributed by atoms with Crippen molar-refractivity contribution in [2.75, 3.05) is 0 Å². The normalized spacial score (nSPS) is 18.1. The summed E-state index contributed by atoms with van der Waals surface area (Å²) in [5.41, 5.74) is 7.02. The lowest BCUT2D eigenvalue weighted by molar-refractivity contribution is -0.120. The highest BCUT2D eigenvalue weighted by Gasteiger charge is 2.36. The quantitative estimate of drug-likeness (QED) is 0.490. The van der Waals surface area contributed by atoms with Crippen LogP contribution in [0, 0.1) is 0 Å². The molecule has 0 saturated carbocycles. The lowest BCUT2D eigenvalue weighted by Crippen LogP contribution is -2.33. The third-order valence-electron chi connectivity index (χ3n) is 5.76. The molecule has 0 atom stereocenters. The van der Waals surface area contributed by atoms with E-state index >= 15 is 0 Å². The zero-order valence-corrected chi connectivity index (χ0v) is 16.4. The maximum atomic E-state index is 10.4. The van der Waals surface area contributed by atoms with E-state index in [1.807, 2.05) is 24.3 Å². The first-order chi connectivity index (χ1) is 12.2. The summed E-state index contributed by atoms with van der Waals surface area (Å²) in [7, 11) is 0. The van der Waals surface area contributed by atoms with Crippen LogP contribution in [0.3, 0.4) is 0 Å². The molecule has 0 fully saturated rings. The van der Waals surface area contributed by atoms with E-state index in [0.717, 1.165) is 5.56 Å². The third kappa shape index (κ3) is 3.60. The van der Waals surface area contributed by atoms with Gasteiger partial charge in [-0.05, 0) is 70.6 Å². The highest BCUT2D eigenvalue weighted by molar-refractivity contribution is 5.81. The van der Waals surface area contributed by atoms with Gasteiger partial charge in [0.05, 0.1) is 0 Å². The fourth-order valence-electron chi connectivity index (χ4n) is 3.87. The van der Waals surface area contributed by atoms with Gasteiger partial charge in [0.25, 0.3) is 6.47 Å². The highest BCUT2D eigenvalue weighted by atomic mass is 16.5. The molecule has 0 aliphatic heterocycles. The van der Waals surface area contributed by atoms with Crippen LogP contribution in [-0.4, -0.2) is 6.47 Å². The molecule has 3 rings (SSSR count). The average Bonchev–Trinajstić information content (AvgIpc) is 2.61. The molecule has 0 amide bonds. The second-order valence-corrected chi connectivity index (χ2v) is 8.64. The van der Waals surface area contributed by atoms with Gasteiger partial charge >= 0.3 is 0 Å². The van der Waals surface area contributed by atoms with Gasteiger partial charge in [-0.15, -0.1) is 0 Å². The first-order valence-corrected chi connectivity index (χ1v) is 9.27. The minimum Gasteiger partial charge on any atom is -0.429 e. The van der Waals surface area contributed by atoms with Crippen molar-refractivity contribution in [1.29, 1.82) is 0 Å². The van der Waals surface area contributed by atoms with Crippen LogP contribution in [0.15, 0.2) is 42.5 Å². The number of ether oxygens (including phenoxy) is 1. The molecule has 0 spiro atoms. The summed E-state index contributed by atoms with van der Waals surface area (Å²) in [6.07, 6.45) is 4.63. The largest absolute Gasteiger partial charge is 0.429 e. The molecule has 2 aromatic carbocycles. The lowest BCUT2D eigenvalue weighted by Gasteiger charge is -2.42. The molecule has 26 heavy (non-hydrogen) atoms. The Morgan fingerprint density at radius 1 is 0.923 bits per heavy atom. The van der Waals surface area contributed by atoms with Crippen LogP contribution in [0.25, 0.3) is 11.6 Å². The van der Waals surface area contributed by atoms with E-state index in [9.17, 15) is 4.79 Å².